The van der Waals surface area contributed by atoms with E-state index in [4.69, 9.17) is 11.6 Å². The molecule has 2 heterocycles. The average molecular weight is 387 g/mol. The van der Waals surface area contributed by atoms with E-state index in [2.05, 4.69) is 4.99 Å². The summed E-state index contributed by atoms with van der Waals surface area (Å²) in [5, 5.41) is 14.0. The van der Waals surface area contributed by atoms with Gasteiger partial charge in [0.1, 0.15) is 0 Å². The summed E-state index contributed by atoms with van der Waals surface area (Å²) < 4.78 is 1.81. The van der Waals surface area contributed by atoms with Gasteiger partial charge < -0.3 is 9.67 Å². The fourth-order valence-electron chi connectivity index (χ4n) is 3.77. The predicted molar refractivity (Wildman–Crippen MR) is 109 cm³/mol. The van der Waals surface area contributed by atoms with Gasteiger partial charge in [-0.25, -0.2) is 4.99 Å². The molecule has 136 valence electrons. The number of rotatable bonds is 3. The van der Waals surface area contributed by atoms with E-state index >= 15 is 0 Å². The van der Waals surface area contributed by atoms with E-state index in [0.29, 0.717) is 28.1 Å². The Morgan fingerprint density at radius 1 is 0.929 bits per heavy atom. The van der Waals surface area contributed by atoms with Crippen molar-refractivity contribution in [3.05, 3.63) is 99.5 Å². The van der Waals surface area contributed by atoms with Crippen LogP contribution in [-0.2, 0) is 11.3 Å². The second-order valence-corrected chi connectivity index (χ2v) is 7.17. The van der Waals surface area contributed by atoms with E-state index in [-0.39, 0.29) is 11.8 Å². The minimum atomic E-state index is -0.328. The van der Waals surface area contributed by atoms with Crippen molar-refractivity contribution in [3.63, 3.8) is 0 Å². The van der Waals surface area contributed by atoms with Crippen molar-refractivity contribution in [2.75, 3.05) is 0 Å². The number of halogens is 1. The molecule has 5 heteroatoms. The Hall–Kier alpha value is -3.37. The van der Waals surface area contributed by atoms with Crippen molar-refractivity contribution < 1.29 is 9.90 Å². The van der Waals surface area contributed by atoms with Gasteiger partial charge in [0.15, 0.2) is 0 Å². The van der Waals surface area contributed by atoms with Crippen LogP contribution >= 0.6 is 11.6 Å². The number of carbonyl (C=O) groups is 1. The second-order valence-electron chi connectivity index (χ2n) is 6.74. The van der Waals surface area contributed by atoms with Crippen LogP contribution in [0.3, 0.4) is 0 Å². The molecule has 0 saturated heterocycles. The average Bonchev–Trinajstić information content (AvgIpc) is 3.17. The summed E-state index contributed by atoms with van der Waals surface area (Å²) in [6, 6.07) is 22.6. The molecule has 4 aromatic rings. The molecule has 0 atom stereocenters. The van der Waals surface area contributed by atoms with Crippen LogP contribution in [0.4, 0.5) is 0 Å². The van der Waals surface area contributed by atoms with Crippen molar-refractivity contribution in [2.24, 2.45) is 4.99 Å². The van der Waals surface area contributed by atoms with Crippen molar-refractivity contribution in [3.8, 4) is 5.88 Å². The van der Waals surface area contributed by atoms with Crippen molar-refractivity contribution in [1.82, 2.24) is 4.57 Å². The topological polar surface area (TPSA) is 54.6 Å². The standard InChI is InChI=1S/C23H15ClN2O2/c24-15-11-9-14(10-12-15)13-26-19-8-4-2-6-17(19)21(23(26)28)20-16-5-1-3-7-18(16)25-22(20)27/h1-12,28H,13H2. The molecule has 0 spiro atoms. The van der Waals surface area contributed by atoms with Gasteiger partial charge in [0.25, 0.3) is 5.91 Å². The molecular weight excluding hydrogens is 372 g/mol. The zero-order chi connectivity index (χ0) is 19.3. The molecule has 0 saturated carbocycles. The summed E-state index contributed by atoms with van der Waals surface area (Å²) in [6.45, 7) is 0.462. The van der Waals surface area contributed by atoms with E-state index in [1.165, 1.54) is 0 Å². The first-order valence-corrected chi connectivity index (χ1v) is 9.28. The number of amides is 1. The molecule has 1 aliphatic heterocycles. The monoisotopic (exact) mass is 386 g/mol. The molecule has 0 fully saturated rings. The van der Waals surface area contributed by atoms with Gasteiger partial charge in [-0.15, -0.1) is 0 Å². The molecule has 1 N–H and O–H groups in total. The molecule has 1 amide bonds. The number of para-hydroxylation sites is 2. The Morgan fingerprint density at radius 3 is 2.46 bits per heavy atom. The minimum Gasteiger partial charge on any atom is -0.494 e. The lowest BCUT2D eigenvalue weighted by Crippen LogP contribution is -2.22. The van der Waals surface area contributed by atoms with E-state index in [1.807, 2.05) is 77.4 Å². The van der Waals surface area contributed by atoms with Gasteiger partial charge in [-0.3, -0.25) is 4.79 Å². The van der Waals surface area contributed by atoms with Crippen LogP contribution in [0.15, 0.2) is 77.8 Å². The third-order valence-electron chi connectivity index (χ3n) is 5.06. The smallest absolute Gasteiger partial charge is 0.279 e. The van der Waals surface area contributed by atoms with Crippen LogP contribution in [-0.4, -0.2) is 15.6 Å². The van der Waals surface area contributed by atoms with Gasteiger partial charge in [-0.2, -0.15) is 0 Å². The summed E-state index contributed by atoms with van der Waals surface area (Å²) >= 11 is 5.99. The molecule has 0 unspecified atom stereocenters. The first kappa shape index (κ1) is 16.8. The van der Waals surface area contributed by atoms with Crippen LogP contribution in [0.25, 0.3) is 16.5 Å². The molecule has 28 heavy (non-hydrogen) atoms. The lowest BCUT2D eigenvalue weighted by molar-refractivity contribution is -0.112. The fourth-order valence-corrected chi connectivity index (χ4v) is 3.90. The molecule has 0 radical (unpaired) electrons. The maximum absolute atomic E-state index is 12.7. The van der Waals surface area contributed by atoms with Gasteiger partial charge in [-0.1, -0.05) is 60.1 Å². The van der Waals surface area contributed by atoms with E-state index < -0.39 is 0 Å². The van der Waals surface area contributed by atoms with Crippen LogP contribution < -0.4 is 10.6 Å². The highest BCUT2D eigenvalue weighted by Gasteiger charge is 2.26. The predicted octanol–water partition coefficient (Wildman–Crippen LogP) is 3.41. The number of fused-ring (bicyclic) bond motifs is 2. The Bertz CT molecular complexity index is 1370. The third-order valence-corrected chi connectivity index (χ3v) is 5.31. The number of carbonyl (C=O) groups excluding carboxylic acids is 1. The fraction of sp³-hybridized carbons (Fsp3) is 0.0435. The van der Waals surface area contributed by atoms with Crippen LogP contribution in [0.1, 0.15) is 11.1 Å². The molecule has 0 bridgehead atoms. The zero-order valence-corrected chi connectivity index (χ0v) is 15.5. The van der Waals surface area contributed by atoms with E-state index in [1.54, 1.807) is 0 Å². The van der Waals surface area contributed by atoms with Crippen LogP contribution in [0, 0.1) is 0 Å². The van der Waals surface area contributed by atoms with Gasteiger partial charge in [0.05, 0.1) is 28.6 Å². The van der Waals surface area contributed by atoms with Crippen molar-refractivity contribution in [1.29, 1.82) is 0 Å². The van der Waals surface area contributed by atoms with Gasteiger partial charge >= 0.3 is 0 Å². The molecule has 4 nitrogen and oxygen atoms in total. The Labute approximate surface area is 165 Å². The maximum atomic E-state index is 12.7. The summed E-state index contributed by atoms with van der Waals surface area (Å²) in [6.07, 6.45) is 0. The molecule has 5 rings (SSSR count). The highest BCUT2D eigenvalue weighted by atomic mass is 35.5. The number of hydrogen-bond acceptors (Lipinski definition) is 2. The molecule has 1 aliphatic rings. The molecule has 0 aliphatic carbocycles. The van der Waals surface area contributed by atoms with Crippen molar-refractivity contribution >= 4 is 34.0 Å². The van der Waals surface area contributed by atoms with Gasteiger partial charge in [0, 0.05) is 15.6 Å². The first-order chi connectivity index (χ1) is 13.6. The van der Waals surface area contributed by atoms with Crippen LogP contribution in [0.2, 0.25) is 5.02 Å². The van der Waals surface area contributed by atoms with Crippen molar-refractivity contribution in [2.45, 2.75) is 6.54 Å². The second kappa shape index (κ2) is 6.36. The Morgan fingerprint density at radius 2 is 1.64 bits per heavy atom. The number of hydrogen-bond donors (Lipinski definition) is 1. The maximum Gasteiger partial charge on any atom is 0.279 e. The summed E-state index contributed by atoms with van der Waals surface area (Å²) in [5.41, 5.74) is 2.83. The summed E-state index contributed by atoms with van der Waals surface area (Å²) in [5.74, 6) is -0.266. The number of aromatic hydroxyl groups is 1. The largest absolute Gasteiger partial charge is 0.494 e. The molecular formula is C23H15ClN2O2. The molecule has 1 aromatic heterocycles. The zero-order valence-electron chi connectivity index (χ0n) is 14.8. The normalized spacial score (nSPS) is 13.0. The third kappa shape index (κ3) is 2.53. The van der Waals surface area contributed by atoms with E-state index in [0.717, 1.165) is 21.7 Å². The highest BCUT2D eigenvalue weighted by Crippen LogP contribution is 2.36. The quantitative estimate of drug-likeness (QED) is 0.586. The van der Waals surface area contributed by atoms with E-state index in [9.17, 15) is 9.90 Å². The Kier molecular flexibility index (Phi) is 3.81. The highest BCUT2D eigenvalue weighted by molar-refractivity contribution is 6.30. The SMILES string of the molecule is O=C1N=c2ccccc2=C1c1c(O)n(Cc2ccc(Cl)cc2)c2ccccc12. The Balaban J connectivity index is 1.78. The van der Waals surface area contributed by atoms with Crippen LogP contribution in [0.5, 0.6) is 5.88 Å². The first-order valence-electron chi connectivity index (χ1n) is 8.91. The van der Waals surface area contributed by atoms with Gasteiger partial charge in [0.2, 0.25) is 5.88 Å². The minimum absolute atomic E-state index is 0.0615. The lowest BCUT2D eigenvalue weighted by Gasteiger charge is -2.08. The number of aromatic nitrogens is 1. The lowest BCUT2D eigenvalue weighted by atomic mass is 10.0. The summed E-state index contributed by atoms with van der Waals surface area (Å²) in [4.78, 5) is 16.8. The molecule has 3 aromatic carbocycles. The number of nitrogens with zero attached hydrogens (tertiary/aromatic N) is 2. The number of benzene rings is 3. The summed E-state index contributed by atoms with van der Waals surface area (Å²) in [7, 11) is 0. The van der Waals surface area contributed by atoms with Gasteiger partial charge in [-0.05, 0) is 29.8 Å².